The van der Waals surface area contributed by atoms with Crippen molar-refractivity contribution in [2.24, 2.45) is 4.99 Å². The first-order valence-electron chi connectivity index (χ1n) is 9.86. The van der Waals surface area contributed by atoms with Crippen LogP contribution in [0.15, 0.2) is 77.1 Å². The Morgan fingerprint density at radius 2 is 1.94 bits per heavy atom. The minimum atomic E-state index is -0.282. The van der Waals surface area contributed by atoms with Crippen LogP contribution < -0.4 is 14.9 Å². The number of hydrogen-bond donors (Lipinski definition) is 1. The monoisotopic (exact) mass is 465 g/mol. The second kappa shape index (κ2) is 8.61. The van der Waals surface area contributed by atoms with Crippen molar-refractivity contribution >= 4 is 40.2 Å². The van der Waals surface area contributed by atoms with Gasteiger partial charge in [0.15, 0.2) is 11.4 Å². The maximum atomic E-state index is 13.4. The molecule has 5 rings (SSSR count). The van der Waals surface area contributed by atoms with Gasteiger partial charge in [-0.3, -0.25) is 4.79 Å². The lowest BCUT2D eigenvalue weighted by Crippen LogP contribution is -2.25. The van der Waals surface area contributed by atoms with E-state index in [2.05, 4.69) is 9.88 Å². The quantitative estimate of drug-likeness (QED) is 0.425. The Morgan fingerprint density at radius 1 is 1.12 bits per heavy atom. The number of benzene rings is 3. The van der Waals surface area contributed by atoms with E-state index in [9.17, 15) is 9.18 Å². The van der Waals surface area contributed by atoms with E-state index in [-0.39, 0.29) is 18.3 Å². The number of carbonyl (C=O) groups excluding carboxylic acids is 1. The highest BCUT2D eigenvalue weighted by atomic mass is 35.5. The van der Waals surface area contributed by atoms with Crippen LogP contribution in [0, 0.1) is 5.82 Å². The van der Waals surface area contributed by atoms with Crippen LogP contribution >= 0.6 is 22.9 Å². The minimum Gasteiger partial charge on any atom is -0.482 e. The number of thiazole rings is 1. The van der Waals surface area contributed by atoms with Gasteiger partial charge in [0.1, 0.15) is 11.6 Å². The fraction of sp³-hybridized carbons (Fsp3) is 0.0833. The summed E-state index contributed by atoms with van der Waals surface area (Å²) in [6.45, 7) is 0.499. The number of carbonyl (C=O) groups is 1. The third-order valence-electron chi connectivity index (χ3n) is 5.03. The topological polar surface area (TPSA) is 55.6 Å². The predicted octanol–water partition coefficient (Wildman–Crippen LogP) is 5.62. The van der Waals surface area contributed by atoms with Gasteiger partial charge in [0.2, 0.25) is 0 Å². The molecule has 1 amide bonds. The molecular weight excluding hydrogens is 449 g/mol. The summed E-state index contributed by atoms with van der Waals surface area (Å²) < 4.78 is 21.0. The van der Waals surface area contributed by atoms with E-state index in [1.54, 1.807) is 18.2 Å². The Bertz CT molecular complexity index is 1380. The number of amides is 1. The van der Waals surface area contributed by atoms with Crippen molar-refractivity contribution < 1.29 is 13.9 Å². The van der Waals surface area contributed by atoms with Crippen molar-refractivity contribution in [1.82, 2.24) is 4.57 Å². The maximum Gasteiger partial charge on any atom is 0.262 e. The molecule has 0 aliphatic carbocycles. The largest absolute Gasteiger partial charge is 0.482 e. The smallest absolute Gasteiger partial charge is 0.262 e. The van der Waals surface area contributed by atoms with Gasteiger partial charge in [0.25, 0.3) is 5.91 Å². The summed E-state index contributed by atoms with van der Waals surface area (Å²) in [5.74, 6) is 0.166. The van der Waals surface area contributed by atoms with Crippen molar-refractivity contribution in [1.29, 1.82) is 0 Å². The highest BCUT2D eigenvalue weighted by molar-refractivity contribution is 7.07. The Morgan fingerprint density at radius 3 is 2.75 bits per heavy atom. The van der Waals surface area contributed by atoms with Crippen LogP contribution in [0.4, 0.5) is 15.8 Å². The lowest BCUT2D eigenvalue weighted by atomic mass is 10.1. The number of ether oxygens (including phenoxy) is 1. The van der Waals surface area contributed by atoms with Crippen LogP contribution in [0.25, 0.3) is 11.3 Å². The van der Waals surface area contributed by atoms with Gasteiger partial charge in [0.05, 0.1) is 28.6 Å². The highest BCUT2D eigenvalue weighted by Gasteiger charge is 2.18. The van der Waals surface area contributed by atoms with Crippen LogP contribution in [-0.2, 0) is 11.3 Å². The highest BCUT2D eigenvalue weighted by Crippen LogP contribution is 2.33. The summed E-state index contributed by atoms with van der Waals surface area (Å²) in [5, 5.41) is 5.41. The Balaban J connectivity index is 1.64. The van der Waals surface area contributed by atoms with Crippen molar-refractivity contribution in [3.8, 4) is 17.0 Å². The molecule has 5 nitrogen and oxygen atoms in total. The summed E-state index contributed by atoms with van der Waals surface area (Å²) in [6.07, 6.45) is 0. The lowest BCUT2D eigenvalue weighted by Gasteiger charge is -2.19. The summed E-state index contributed by atoms with van der Waals surface area (Å²) >= 11 is 7.81. The summed E-state index contributed by atoms with van der Waals surface area (Å²) in [7, 11) is 0. The van der Waals surface area contributed by atoms with Gasteiger partial charge < -0.3 is 14.6 Å². The first-order chi connectivity index (χ1) is 15.6. The van der Waals surface area contributed by atoms with Crippen LogP contribution in [0.2, 0.25) is 5.02 Å². The number of nitrogens with zero attached hydrogens (tertiary/aromatic N) is 2. The number of halogens is 2. The van der Waals surface area contributed by atoms with E-state index >= 15 is 0 Å². The van der Waals surface area contributed by atoms with E-state index in [1.807, 2.05) is 41.8 Å². The van der Waals surface area contributed by atoms with Crippen LogP contribution in [0.3, 0.4) is 0 Å². The first-order valence-corrected chi connectivity index (χ1v) is 11.1. The fourth-order valence-electron chi connectivity index (χ4n) is 3.46. The van der Waals surface area contributed by atoms with Crippen LogP contribution in [0.5, 0.6) is 5.75 Å². The number of aromatic nitrogens is 1. The molecule has 3 aromatic carbocycles. The van der Waals surface area contributed by atoms with E-state index in [0.717, 1.165) is 21.6 Å². The number of para-hydroxylation sites is 1. The molecule has 0 unspecified atom stereocenters. The Labute approximate surface area is 192 Å². The molecule has 0 spiro atoms. The zero-order valence-electron chi connectivity index (χ0n) is 16.7. The Kier molecular flexibility index (Phi) is 5.51. The number of rotatable bonds is 4. The number of fused-ring (bicyclic) bond motifs is 1. The van der Waals surface area contributed by atoms with E-state index < -0.39 is 0 Å². The average Bonchev–Trinajstić information content (AvgIpc) is 3.18. The molecule has 0 bridgehead atoms. The predicted molar refractivity (Wildman–Crippen MR) is 124 cm³/mol. The Hall–Kier alpha value is -3.42. The van der Waals surface area contributed by atoms with Gasteiger partial charge in [-0.05, 0) is 48.0 Å². The first kappa shape index (κ1) is 20.5. The van der Waals surface area contributed by atoms with E-state index in [4.69, 9.17) is 21.3 Å². The molecule has 8 heteroatoms. The molecule has 1 aromatic heterocycles. The molecule has 1 aliphatic rings. The molecule has 0 saturated heterocycles. The second-order valence-corrected chi connectivity index (χ2v) is 8.47. The van der Waals surface area contributed by atoms with E-state index in [1.165, 1.54) is 23.5 Å². The third kappa shape index (κ3) is 4.17. The van der Waals surface area contributed by atoms with Gasteiger partial charge in [-0.25, -0.2) is 9.38 Å². The molecule has 32 heavy (non-hydrogen) atoms. The molecule has 0 saturated carbocycles. The van der Waals surface area contributed by atoms with Crippen molar-refractivity contribution in [3.05, 3.63) is 93.3 Å². The van der Waals surface area contributed by atoms with Gasteiger partial charge >= 0.3 is 0 Å². The second-order valence-electron chi connectivity index (χ2n) is 7.23. The maximum absolute atomic E-state index is 13.4. The standard InChI is InChI=1S/C24H17ClFN3O2S/c25-18-3-1-2-4-19(18)28-24-29(12-15-5-8-17(26)9-6-15)21(14-32-24)16-7-10-22-20(11-16)27-23(30)13-31-22/h1-11,14H,12-13H2,(H,27,30). The van der Waals surface area contributed by atoms with E-state index in [0.29, 0.717) is 28.7 Å². The molecular formula is C24H17ClFN3O2S. The summed E-state index contributed by atoms with van der Waals surface area (Å²) in [5.41, 5.74) is 4.03. The molecule has 1 aliphatic heterocycles. The third-order valence-corrected chi connectivity index (χ3v) is 6.21. The zero-order chi connectivity index (χ0) is 22.1. The number of anilines is 1. The summed E-state index contributed by atoms with van der Waals surface area (Å²) in [4.78, 5) is 17.3. The van der Waals surface area contributed by atoms with Crippen LogP contribution in [0.1, 0.15) is 5.56 Å². The SMILES string of the molecule is O=C1COc2ccc(-c3csc(=Nc4ccccc4Cl)n3Cc3ccc(F)cc3)cc2N1. The average molecular weight is 466 g/mol. The van der Waals surface area contributed by atoms with Crippen molar-refractivity contribution in [3.63, 3.8) is 0 Å². The molecule has 160 valence electrons. The van der Waals surface area contributed by atoms with Crippen molar-refractivity contribution in [2.75, 3.05) is 11.9 Å². The summed E-state index contributed by atoms with van der Waals surface area (Å²) in [6, 6.07) is 19.5. The number of nitrogens with one attached hydrogen (secondary N) is 1. The van der Waals surface area contributed by atoms with Gasteiger partial charge in [0, 0.05) is 10.9 Å². The molecule has 0 radical (unpaired) electrons. The van der Waals surface area contributed by atoms with Gasteiger partial charge in [-0.2, -0.15) is 0 Å². The zero-order valence-corrected chi connectivity index (χ0v) is 18.3. The van der Waals surface area contributed by atoms with Crippen LogP contribution in [-0.4, -0.2) is 17.1 Å². The number of hydrogen-bond acceptors (Lipinski definition) is 4. The fourth-order valence-corrected chi connectivity index (χ4v) is 4.56. The molecule has 0 fully saturated rings. The molecule has 1 N–H and O–H groups in total. The normalized spacial score (nSPS) is 13.4. The van der Waals surface area contributed by atoms with Crippen molar-refractivity contribution in [2.45, 2.75) is 6.54 Å². The lowest BCUT2D eigenvalue weighted by molar-refractivity contribution is -0.118. The molecule has 4 aromatic rings. The van der Waals surface area contributed by atoms with Gasteiger partial charge in [-0.1, -0.05) is 35.9 Å². The molecule has 0 atom stereocenters. The molecule has 2 heterocycles. The minimum absolute atomic E-state index is 0.0101. The van der Waals surface area contributed by atoms with Gasteiger partial charge in [-0.15, -0.1) is 11.3 Å².